The Morgan fingerprint density at radius 3 is 2.50 bits per heavy atom. The molecule has 0 saturated carbocycles. The number of benzene rings is 1. The number of aliphatic hydroxyl groups excluding tert-OH is 1. The van der Waals surface area contributed by atoms with Gasteiger partial charge in [-0.1, -0.05) is 57.0 Å². The van der Waals surface area contributed by atoms with Crippen molar-refractivity contribution < 1.29 is 5.11 Å². The minimum absolute atomic E-state index is 0.154. The summed E-state index contributed by atoms with van der Waals surface area (Å²) >= 11 is 5.91. The molecule has 1 saturated heterocycles. The van der Waals surface area contributed by atoms with E-state index in [1.807, 2.05) is 63.5 Å². The summed E-state index contributed by atoms with van der Waals surface area (Å²) in [5, 5.41) is 19.0. The first-order valence-corrected chi connectivity index (χ1v) is 11.6. The molecule has 1 fully saturated rings. The molecule has 2 N–H and O–H groups in total. The minimum Gasteiger partial charge on any atom is -0.390 e. The minimum atomic E-state index is -0.528. The van der Waals surface area contributed by atoms with Crippen molar-refractivity contribution in [3.05, 3.63) is 77.6 Å². The molecule has 32 heavy (non-hydrogen) atoms. The number of halogens is 1. The molecule has 2 aromatic heterocycles. The normalized spacial score (nSPS) is 18.3. The molecule has 3 heterocycles. The number of piperidine rings is 1. The van der Waals surface area contributed by atoms with Crippen molar-refractivity contribution >= 4 is 11.6 Å². The number of rotatable bonds is 5. The van der Waals surface area contributed by atoms with Gasteiger partial charge in [-0.15, -0.1) is 0 Å². The van der Waals surface area contributed by atoms with Gasteiger partial charge in [0.2, 0.25) is 0 Å². The number of pyridine rings is 1. The lowest BCUT2D eigenvalue weighted by atomic mass is 9.82. The first-order valence-electron chi connectivity index (χ1n) is 11.2. The molecular weight excluding hydrogens is 422 g/mol. The molecule has 3 atom stereocenters. The molecule has 0 radical (unpaired) electrons. The van der Waals surface area contributed by atoms with Gasteiger partial charge in [-0.25, -0.2) is 9.67 Å². The zero-order chi connectivity index (χ0) is 23.0. The summed E-state index contributed by atoms with van der Waals surface area (Å²) in [6.07, 6.45) is 11.0. The highest BCUT2D eigenvalue weighted by molar-refractivity contribution is 6.30. The topological polar surface area (TPSA) is 75.9 Å². The van der Waals surface area contributed by atoms with Crippen molar-refractivity contribution in [2.45, 2.75) is 64.6 Å². The van der Waals surface area contributed by atoms with Crippen molar-refractivity contribution in [1.29, 1.82) is 0 Å². The van der Waals surface area contributed by atoms with Crippen LogP contribution in [0.25, 0.3) is 0 Å². The van der Waals surface area contributed by atoms with Crippen LogP contribution in [0.15, 0.2) is 61.4 Å². The van der Waals surface area contributed by atoms with Crippen LogP contribution in [0.2, 0.25) is 5.02 Å². The van der Waals surface area contributed by atoms with Crippen molar-refractivity contribution in [3.8, 4) is 0 Å². The maximum atomic E-state index is 10.6. The summed E-state index contributed by atoms with van der Waals surface area (Å²) in [5.41, 5.74) is 2.21. The van der Waals surface area contributed by atoms with Crippen LogP contribution in [-0.2, 0) is 6.42 Å². The standard InChI is InChI=1S/C15H20ClN3O.C10H14N2/c1-15(2,3)14(20)13(19-10-17-9-18-19)8-11-4-6-12(16)7-5-11;1-2-7-12-10(5-1)9-4-3-6-11-8-9/h4-7,9-10,13-14,20H,8H2,1-3H3;3-4,6,8,10,12H,1-2,5,7H2/t13-,14+;/m0./s1. The van der Waals surface area contributed by atoms with E-state index in [9.17, 15) is 5.11 Å². The Balaban J connectivity index is 0.000000204. The van der Waals surface area contributed by atoms with Crippen LogP contribution < -0.4 is 5.32 Å². The van der Waals surface area contributed by atoms with E-state index in [1.165, 1.54) is 31.2 Å². The zero-order valence-electron chi connectivity index (χ0n) is 19.2. The van der Waals surface area contributed by atoms with Gasteiger partial charge in [0, 0.05) is 23.5 Å². The van der Waals surface area contributed by atoms with Crippen LogP contribution in [0.3, 0.4) is 0 Å². The van der Waals surface area contributed by atoms with E-state index in [1.54, 1.807) is 11.0 Å². The monoisotopic (exact) mass is 455 g/mol. The number of nitrogens with one attached hydrogen (secondary N) is 1. The van der Waals surface area contributed by atoms with Gasteiger partial charge in [-0.3, -0.25) is 4.98 Å². The predicted octanol–water partition coefficient (Wildman–Crippen LogP) is 5.02. The first-order chi connectivity index (χ1) is 15.3. The summed E-state index contributed by atoms with van der Waals surface area (Å²) in [7, 11) is 0. The lowest BCUT2D eigenvalue weighted by Crippen LogP contribution is -2.37. The molecule has 1 aliphatic heterocycles. The highest BCUT2D eigenvalue weighted by Crippen LogP contribution is 2.30. The molecule has 6 nitrogen and oxygen atoms in total. The first kappa shape index (κ1) is 24.4. The van der Waals surface area contributed by atoms with E-state index in [0.717, 1.165) is 12.1 Å². The largest absolute Gasteiger partial charge is 0.390 e. The molecular formula is C25H34ClN5O. The van der Waals surface area contributed by atoms with Gasteiger partial charge >= 0.3 is 0 Å². The molecule has 1 aromatic carbocycles. The third-order valence-corrected chi connectivity index (χ3v) is 6.04. The van der Waals surface area contributed by atoms with Gasteiger partial charge in [0.15, 0.2) is 0 Å². The number of hydrogen-bond acceptors (Lipinski definition) is 5. The van der Waals surface area contributed by atoms with E-state index in [-0.39, 0.29) is 11.5 Å². The molecule has 7 heteroatoms. The highest BCUT2D eigenvalue weighted by atomic mass is 35.5. The third kappa shape index (κ3) is 7.12. The second-order valence-electron chi connectivity index (χ2n) is 9.37. The van der Waals surface area contributed by atoms with Crippen molar-refractivity contribution in [1.82, 2.24) is 25.1 Å². The lowest BCUT2D eigenvalue weighted by molar-refractivity contribution is 0.0124. The quantitative estimate of drug-likeness (QED) is 0.565. The van der Waals surface area contributed by atoms with Crippen LogP contribution in [0.5, 0.6) is 0 Å². The zero-order valence-corrected chi connectivity index (χ0v) is 19.9. The van der Waals surface area contributed by atoms with Crippen LogP contribution in [0.4, 0.5) is 0 Å². The molecule has 0 bridgehead atoms. The molecule has 1 unspecified atom stereocenters. The van der Waals surface area contributed by atoms with Crippen molar-refractivity contribution in [2.75, 3.05) is 6.54 Å². The molecule has 0 aliphatic carbocycles. The van der Waals surface area contributed by atoms with Gasteiger partial charge < -0.3 is 10.4 Å². The van der Waals surface area contributed by atoms with E-state index >= 15 is 0 Å². The number of hydrogen-bond donors (Lipinski definition) is 2. The fraction of sp³-hybridized carbons (Fsp3) is 0.480. The Kier molecular flexibility index (Phi) is 8.79. The molecule has 1 aliphatic rings. The summed E-state index contributed by atoms with van der Waals surface area (Å²) < 4.78 is 1.73. The lowest BCUT2D eigenvalue weighted by Gasteiger charge is -2.33. The van der Waals surface area contributed by atoms with E-state index in [4.69, 9.17) is 11.6 Å². The van der Waals surface area contributed by atoms with Crippen LogP contribution in [0, 0.1) is 5.41 Å². The van der Waals surface area contributed by atoms with E-state index in [2.05, 4.69) is 26.4 Å². The Morgan fingerprint density at radius 1 is 1.16 bits per heavy atom. The number of aliphatic hydroxyl groups is 1. The van der Waals surface area contributed by atoms with Crippen LogP contribution in [-0.4, -0.2) is 37.5 Å². The maximum Gasteiger partial charge on any atom is 0.137 e. The Morgan fingerprint density at radius 2 is 1.94 bits per heavy atom. The average molecular weight is 456 g/mol. The van der Waals surface area contributed by atoms with Crippen molar-refractivity contribution in [3.63, 3.8) is 0 Å². The van der Waals surface area contributed by atoms with Gasteiger partial charge in [-0.2, -0.15) is 5.10 Å². The summed E-state index contributed by atoms with van der Waals surface area (Å²) in [6.45, 7) is 7.20. The fourth-order valence-corrected chi connectivity index (χ4v) is 4.02. The summed E-state index contributed by atoms with van der Waals surface area (Å²) in [4.78, 5) is 8.10. The maximum absolute atomic E-state index is 10.6. The molecule has 172 valence electrons. The second-order valence-corrected chi connectivity index (χ2v) is 9.81. The smallest absolute Gasteiger partial charge is 0.137 e. The SMILES string of the molecule is CC(C)(C)[C@H](O)[C@H](Cc1ccc(Cl)cc1)n1cncn1.c1cncc(C2CCCCN2)c1. The Bertz CT molecular complexity index is 904. The average Bonchev–Trinajstić information content (AvgIpc) is 3.34. The Labute approximate surface area is 196 Å². The second kappa shape index (κ2) is 11.5. The van der Waals surface area contributed by atoms with Gasteiger partial charge in [0.25, 0.3) is 0 Å². The van der Waals surface area contributed by atoms with Crippen molar-refractivity contribution in [2.24, 2.45) is 5.41 Å². The molecule has 3 aromatic rings. The predicted molar refractivity (Wildman–Crippen MR) is 129 cm³/mol. The summed E-state index contributed by atoms with van der Waals surface area (Å²) in [6, 6.07) is 12.2. The van der Waals surface area contributed by atoms with E-state index < -0.39 is 6.10 Å². The van der Waals surface area contributed by atoms with Crippen LogP contribution in [0.1, 0.15) is 63.2 Å². The third-order valence-electron chi connectivity index (χ3n) is 5.78. The number of aromatic nitrogens is 4. The molecule has 0 spiro atoms. The van der Waals surface area contributed by atoms with Gasteiger partial charge in [0.05, 0.1) is 12.1 Å². The molecule has 0 amide bonds. The van der Waals surface area contributed by atoms with Gasteiger partial charge in [0.1, 0.15) is 12.7 Å². The molecule has 4 rings (SSSR count). The van der Waals surface area contributed by atoms with Gasteiger partial charge in [-0.05, 0) is 60.5 Å². The highest BCUT2D eigenvalue weighted by Gasteiger charge is 2.32. The summed E-state index contributed by atoms with van der Waals surface area (Å²) in [5.74, 6) is 0. The van der Waals surface area contributed by atoms with Crippen LogP contribution >= 0.6 is 11.6 Å². The Hall–Kier alpha value is -2.28. The number of nitrogens with zero attached hydrogens (tertiary/aromatic N) is 4. The fourth-order valence-electron chi connectivity index (χ4n) is 3.90. The van der Waals surface area contributed by atoms with E-state index in [0.29, 0.717) is 17.5 Å².